The summed E-state index contributed by atoms with van der Waals surface area (Å²) in [5.74, 6) is 2.65. The maximum atomic E-state index is 5.78. The number of ether oxygens (including phenoxy) is 1. The van der Waals surface area contributed by atoms with E-state index in [0.29, 0.717) is 12.2 Å². The Balaban J connectivity index is 2.19. The molecule has 0 amide bonds. The van der Waals surface area contributed by atoms with Crippen LogP contribution in [0.4, 0.5) is 0 Å². The summed E-state index contributed by atoms with van der Waals surface area (Å²) in [6.07, 6.45) is 3.61. The van der Waals surface area contributed by atoms with Gasteiger partial charge in [-0.25, -0.2) is 0 Å². The van der Waals surface area contributed by atoms with Crippen LogP contribution in [-0.4, -0.2) is 12.2 Å². The van der Waals surface area contributed by atoms with Gasteiger partial charge in [0.05, 0.1) is 12.2 Å². The van der Waals surface area contributed by atoms with Gasteiger partial charge < -0.3 is 4.74 Å². The highest BCUT2D eigenvalue weighted by Crippen LogP contribution is 2.41. The molecule has 0 aliphatic heterocycles. The average Bonchev–Trinajstić information content (AvgIpc) is 1.79. The standard InChI is InChI=1S/C12H24O/c1-8(2)11-6-12(7-11)10(5)13-9(3)4/h8-12H,6-7H2,1-5H3/t10-,11?,12?/m1/s1. The average molecular weight is 184 g/mol. The van der Waals surface area contributed by atoms with Crippen molar-refractivity contribution in [2.75, 3.05) is 0 Å². The fraction of sp³-hybridized carbons (Fsp3) is 1.00. The zero-order valence-electron chi connectivity index (χ0n) is 9.71. The molecule has 0 N–H and O–H groups in total. The van der Waals surface area contributed by atoms with Gasteiger partial charge in [-0.05, 0) is 51.4 Å². The highest BCUT2D eigenvalue weighted by Gasteiger charge is 2.35. The molecule has 78 valence electrons. The molecular weight excluding hydrogens is 160 g/mol. The van der Waals surface area contributed by atoms with E-state index in [1.165, 1.54) is 12.8 Å². The van der Waals surface area contributed by atoms with E-state index in [2.05, 4.69) is 34.6 Å². The Morgan fingerprint density at radius 2 is 1.46 bits per heavy atom. The molecule has 1 aliphatic carbocycles. The van der Waals surface area contributed by atoms with Gasteiger partial charge in [-0.2, -0.15) is 0 Å². The monoisotopic (exact) mass is 184 g/mol. The van der Waals surface area contributed by atoms with E-state index in [1.807, 2.05) is 0 Å². The molecule has 0 spiro atoms. The first-order valence-corrected chi connectivity index (χ1v) is 5.66. The van der Waals surface area contributed by atoms with Gasteiger partial charge in [0.25, 0.3) is 0 Å². The van der Waals surface area contributed by atoms with E-state index < -0.39 is 0 Å². The van der Waals surface area contributed by atoms with E-state index in [-0.39, 0.29) is 0 Å². The molecule has 13 heavy (non-hydrogen) atoms. The molecule has 0 aromatic rings. The van der Waals surface area contributed by atoms with Crippen LogP contribution in [0, 0.1) is 17.8 Å². The van der Waals surface area contributed by atoms with Gasteiger partial charge in [0, 0.05) is 0 Å². The van der Waals surface area contributed by atoms with E-state index in [9.17, 15) is 0 Å². The van der Waals surface area contributed by atoms with Gasteiger partial charge in [0.15, 0.2) is 0 Å². The molecule has 1 saturated carbocycles. The third-order valence-electron chi connectivity index (χ3n) is 3.30. The smallest absolute Gasteiger partial charge is 0.0578 e. The van der Waals surface area contributed by atoms with Gasteiger partial charge in [-0.3, -0.25) is 0 Å². The minimum absolute atomic E-state index is 0.382. The Hall–Kier alpha value is -0.0400. The summed E-state index contributed by atoms with van der Waals surface area (Å²) in [6, 6.07) is 0. The van der Waals surface area contributed by atoms with Crippen molar-refractivity contribution in [2.24, 2.45) is 17.8 Å². The summed E-state index contributed by atoms with van der Waals surface area (Å²) in [5.41, 5.74) is 0. The molecule has 1 aliphatic rings. The first kappa shape index (κ1) is 11.0. The second kappa shape index (κ2) is 4.45. The van der Waals surface area contributed by atoms with Crippen molar-refractivity contribution in [1.82, 2.24) is 0 Å². The minimum Gasteiger partial charge on any atom is -0.376 e. The summed E-state index contributed by atoms with van der Waals surface area (Å²) in [4.78, 5) is 0. The minimum atomic E-state index is 0.382. The molecule has 0 unspecified atom stereocenters. The topological polar surface area (TPSA) is 9.23 Å². The summed E-state index contributed by atoms with van der Waals surface area (Å²) >= 11 is 0. The van der Waals surface area contributed by atoms with Crippen molar-refractivity contribution >= 4 is 0 Å². The van der Waals surface area contributed by atoms with Crippen LogP contribution < -0.4 is 0 Å². The van der Waals surface area contributed by atoms with Crippen molar-refractivity contribution in [3.8, 4) is 0 Å². The van der Waals surface area contributed by atoms with Crippen LogP contribution in [0.1, 0.15) is 47.5 Å². The third-order valence-corrected chi connectivity index (χ3v) is 3.30. The molecule has 0 aromatic heterocycles. The first-order chi connectivity index (χ1) is 6.00. The number of hydrogen-bond acceptors (Lipinski definition) is 1. The molecule has 0 aromatic carbocycles. The Labute approximate surface area is 82.9 Å². The zero-order valence-corrected chi connectivity index (χ0v) is 9.71. The molecule has 1 fully saturated rings. The summed E-state index contributed by atoms with van der Waals surface area (Å²) in [6.45, 7) is 11.1. The largest absolute Gasteiger partial charge is 0.376 e. The van der Waals surface area contributed by atoms with Crippen molar-refractivity contribution in [2.45, 2.75) is 59.7 Å². The third kappa shape index (κ3) is 2.98. The lowest BCUT2D eigenvalue weighted by Crippen LogP contribution is -2.37. The Morgan fingerprint density at radius 1 is 0.923 bits per heavy atom. The normalized spacial score (nSPS) is 30.7. The molecular formula is C12H24O. The van der Waals surface area contributed by atoms with Crippen molar-refractivity contribution in [1.29, 1.82) is 0 Å². The van der Waals surface area contributed by atoms with Crippen LogP contribution in [0.25, 0.3) is 0 Å². The fourth-order valence-corrected chi connectivity index (χ4v) is 2.18. The maximum Gasteiger partial charge on any atom is 0.0578 e. The lowest BCUT2D eigenvalue weighted by Gasteiger charge is -2.41. The van der Waals surface area contributed by atoms with E-state index in [4.69, 9.17) is 4.74 Å². The molecule has 0 radical (unpaired) electrons. The van der Waals surface area contributed by atoms with Gasteiger partial charge in [0.1, 0.15) is 0 Å². The summed E-state index contributed by atoms with van der Waals surface area (Å²) in [5, 5.41) is 0. The van der Waals surface area contributed by atoms with Crippen LogP contribution in [0.2, 0.25) is 0 Å². The second-order valence-electron chi connectivity index (χ2n) is 5.13. The molecule has 0 heterocycles. The lowest BCUT2D eigenvalue weighted by molar-refractivity contribution is -0.0581. The van der Waals surface area contributed by atoms with Gasteiger partial charge in [-0.15, -0.1) is 0 Å². The maximum absolute atomic E-state index is 5.78. The van der Waals surface area contributed by atoms with Gasteiger partial charge in [0.2, 0.25) is 0 Å². The number of hydrogen-bond donors (Lipinski definition) is 0. The molecule has 1 atom stereocenters. The SMILES string of the molecule is CC(C)O[C@H](C)C1CC(C(C)C)C1. The molecule has 0 bridgehead atoms. The van der Waals surface area contributed by atoms with Crippen molar-refractivity contribution < 1.29 is 4.74 Å². The molecule has 1 heteroatoms. The zero-order chi connectivity index (χ0) is 10.0. The highest BCUT2D eigenvalue weighted by atomic mass is 16.5. The van der Waals surface area contributed by atoms with Crippen LogP contribution in [0.15, 0.2) is 0 Å². The van der Waals surface area contributed by atoms with Crippen LogP contribution in [-0.2, 0) is 4.74 Å². The second-order valence-corrected chi connectivity index (χ2v) is 5.13. The van der Waals surface area contributed by atoms with Crippen molar-refractivity contribution in [3.63, 3.8) is 0 Å². The predicted molar refractivity (Wildman–Crippen MR) is 56.7 cm³/mol. The van der Waals surface area contributed by atoms with Crippen LogP contribution in [0.3, 0.4) is 0 Å². The molecule has 1 nitrogen and oxygen atoms in total. The van der Waals surface area contributed by atoms with Gasteiger partial charge >= 0.3 is 0 Å². The fourth-order valence-electron chi connectivity index (χ4n) is 2.18. The van der Waals surface area contributed by atoms with E-state index in [1.54, 1.807) is 0 Å². The lowest BCUT2D eigenvalue weighted by atomic mass is 9.67. The summed E-state index contributed by atoms with van der Waals surface area (Å²) in [7, 11) is 0. The quantitative estimate of drug-likeness (QED) is 0.650. The Morgan fingerprint density at radius 3 is 1.85 bits per heavy atom. The van der Waals surface area contributed by atoms with Gasteiger partial charge in [-0.1, -0.05) is 13.8 Å². The summed E-state index contributed by atoms with van der Waals surface area (Å²) < 4.78 is 5.78. The van der Waals surface area contributed by atoms with E-state index in [0.717, 1.165) is 17.8 Å². The van der Waals surface area contributed by atoms with Crippen molar-refractivity contribution in [3.05, 3.63) is 0 Å². The van der Waals surface area contributed by atoms with E-state index >= 15 is 0 Å². The van der Waals surface area contributed by atoms with Crippen LogP contribution >= 0.6 is 0 Å². The van der Waals surface area contributed by atoms with Crippen LogP contribution in [0.5, 0.6) is 0 Å². The highest BCUT2D eigenvalue weighted by molar-refractivity contribution is 4.85. The Kier molecular flexibility index (Phi) is 3.78. The Bertz CT molecular complexity index is 145. The molecule has 1 rings (SSSR count). The molecule has 0 saturated heterocycles. The predicted octanol–water partition coefficient (Wildman–Crippen LogP) is 3.48. The number of rotatable bonds is 4. The first-order valence-electron chi connectivity index (χ1n) is 5.66.